The van der Waals surface area contributed by atoms with Gasteiger partial charge in [0.2, 0.25) is 0 Å². The van der Waals surface area contributed by atoms with Crippen LogP contribution in [-0.4, -0.2) is 41.5 Å². The molecular weight excluding hydrogens is 270 g/mol. The summed E-state index contributed by atoms with van der Waals surface area (Å²) in [5.41, 5.74) is 0.546. The Morgan fingerprint density at radius 2 is 2.19 bits per heavy atom. The molecule has 0 saturated heterocycles. The summed E-state index contributed by atoms with van der Waals surface area (Å²) in [6.45, 7) is 2.86. The maximum absolute atomic E-state index is 12.4. The van der Waals surface area contributed by atoms with Crippen LogP contribution in [0.2, 0.25) is 0 Å². The first kappa shape index (κ1) is 14.9. The summed E-state index contributed by atoms with van der Waals surface area (Å²) in [4.78, 5) is 21.1. The lowest BCUT2D eigenvalue weighted by Crippen LogP contribution is -2.26. The second-order valence-electron chi connectivity index (χ2n) is 4.50. The Kier molecular flexibility index (Phi) is 4.81. The van der Waals surface area contributed by atoms with Crippen LogP contribution in [0.25, 0.3) is 0 Å². The van der Waals surface area contributed by atoms with Gasteiger partial charge in [0.05, 0.1) is 20.3 Å². The van der Waals surface area contributed by atoms with Crippen LogP contribution >= 0.6 is 0 Å². The van der Waals surface area contributed by atoms with Crippen molar-refractivity contribution in [2.24, 2.45) is 0 Å². The van der Waals surface area contributed by atoms with Gasteiger partial charge < -0.3 is 19.4 Å². The van der Waals surface area contributed by atoms with Crippen molar-refractivity contribution in [3.63, 3.8) is 0 Å². The van der Waals surface area contributed by atoms with Gasteiger partial charge in [-0.05, 0) is 25.1 Å². The van der Waals surface area contributed by atoms with E-state index in [-0.39, 0.29) is 5.91 Å². The van der Waals surface area contributed by atoms with E-state index in [1.165, 1.54) is 0 Å². The van der Waals surface area contributed by atoms with Crippen LogP contribution in [0.5, 0.6) is 11.5 Å². The molecule has 1 heterocycles. The summed E-state index contributed by atoms with van der Waals surface area (Å²) in [7, 11) is 3.28. The fraction of sp³-hybridized carbons (Fsp3) is 0.333. The van der Waals surface area contributed by atoms with Gasteiger partial charge in [-0.3, -0.25) is 4.79 Å². The number of hydrogen-bond acceptors (Lipinski definition) is 4. The molecule has 1 aromatic carbocycles. The van der Waals surface area contributed by atoms with Gasteiger partial charge in [0.25, 0.3) is 5.91 Å². The second kappa shape index (κ2) is 6.78. The first-order chi connectivity index (χ1) is 10.2. The van der Waals surface area contributed by atoms with Crippen molar-refractivity contribution < 1.29 is 14.3 Å². The van der Waals surface area contributed by atoms with E-state index in [1.54, 1.807) is 49.7 Å². The molecule has 0 saturated carbocycles. The number of carbonyl (C=O) groups excluding carboxylic acids is 1. The van der Waals surface area contributed by atoms with Crippen molar-refractivity contribution in [1.29, 1.82) is 0 Å². The molecule has 2 rings (SSSR count). The number of rotatable bonds is 6. The Morgan fingerprint density at radius 1 is 1.38 bits per heavy atom. The highest BCUT2D eigenvalue weighted by molar-refractivity contribution is 5.94. The molecule has 6 nitrogen and oxygen atoms in total. The minimum absolute atomic E-state index is 0.104. The number of imidazole rings is 1. The smallest absolute Gasteiger partial charge is 0.254 e. The number of aromatic nitrogens is 2. The van der Waals surface area contributed by atoms with E-state index < -0.39 is 0 Å². The van der Waals surface area contributed by atoms with Gasteiger partial charge in [-0.2, -0.15) is 0 Å². The maximum atomic E-state index is 12.4. The summed E-state index contributed by atoms with van der Waals surface area (Å²) in [6, 6.07) is 5.16. The number of H-pyrrole nitrogens is 1. The zero-order chi connectivity index (χ0) is 15.2. The molecule has 1 N–H and O–H groups in total. The van der Waals surface area contributed by atoms with Crippen molar-refractivity contribution >= 4 is 5.91 Å². The van der Waals surface area contributed by atoms with Gasteiger partial charge in [-0.15, -0.1) is 0 Å². The highest BCUT2D eigenvalue weighted by Gasteiger charge is 2.15. The molecule has 0 atom stereocenters. The first-order valence-electron chi connectivity index (χ1n) is 6.70. The summed E-state index contributed by atoms with van der Waals surface area (Å²) in [5, 5.41) is 0. The molecule has 0 aliphatic heterocycles. The van der Waals surface area contributed by atoms with E-state index in [4.69, 9.17) is 9.47 Å². The summed E-state index contributed by atoms with van der Waals surface area (Å²) >= 11 is 0. The third kappa shape index (κ3) is 3.53. The van der Waals surface area contributed by atoms with Crippen LogP contribution in [0.4, 0.5) is 0 Å². The Balaban J connectivity index is 2.14. The van der Waals surface area contributed by atoms with Crippen LogP contribution in [0.1, 0.15) is 23.1 Å². The van der Waals surface area contributed by atoms with Gasteiger partial charge >= 0.3 is 0 Å². The standard InChI is InChI=1S/C15H19N3O3/c1-4-21-12-6-5-11(9-13(12)20-3)15(19)18(2)10-14-16-7-8-17-14/h5-9H,4,10H2,1-3H3,(H,16,17). The molecule has 0 spiro atoms. The van der Waals surface area contributed by atoms with Crippen LogP contribution in [0.3, 0.4) is 0 Å². The molecule has 112 valence electrons. The molecule has 0 fully saturated rings. The minimum Gasteiger partial charge on any atom is -0.493 e. The normalized spacial score (nSPS) is 10.2. The Hall–Kier alpha value is -2.50. The highest BCUT2D eigenvalue weighted by atomic mass is 16.5. The predicted octanol–water partition coefficient (Wildman–Crippen LogP) is 2.09. The van der Waals surface area contributed by atoms with Crippen LogP contribution < -0.4 is 9.47 Å². The van der Waals surface area contributed by atoms with Gasteiger partial charge in [-0.25, -0.2) is 4.98 Å². The van der Waals surface area contributed by atoms with Crippen molar-refractivity contribution in [3.8, 4) is 11.5 Å². The minimum atomic E-state index is -0.104. The number of benzene rings is 1. The molecule has 0 unspecified atom stereocenters. The molecule has 0 aliphatic rings. The Morgan fingerprint density at radius 3 is 2.81 bits per heavy atom. The van der Waals surface area contributed by atoms with E-state index in [0.717, 1.165) is 5.82 Å². The third-order valence-electron chi connectivity index (χ3n) is 3.00. The van der Waals surface area contributed by atoms with E-state index in [0.29, 0.717) is 30.2 Å². The van der Waals surface area contributed by atoms with Crippen LogP contribution in [0, 0.1) is 0 Å². The SMILES string of the molecule is CCOc1ccc(C(=O)N(C)Cc2ncc[nH]2)cc1OC. The van der Waals surface area contributed by atoms with Crippen molar-refractivity contribution in [2.45, 2.75) is 13.5 Å². The van der Waals surface area contributed by atoms with Crippen molar-refractivity contribution in [3.05, 3.63) is 42.0 Å². The quantitative estimate of drug-likeness (QED) is 0.884. The topological polar surface area (TPSA) is 67.5 Å². The molecule has 6 heteroatoms. The third-order valence-corrected chi connectivity index (χ3v) is 3.00. The molecular formula is C15H19N3O3. The fourth-order valence-electron chi connectivity index (χ4n) is 1.98. The summed E-state index contributed by atoms with van der Waals surface area (Å²) in [5.74, 6) is 1.82. The van der Waals surface area contributed by atoms with Gasteiger partial charge in [0.15, 0.2) is 11.5 Å². The lowest BCUT2D eigenvalue weighted by atomic mass is 10.1. The predicted molar refractivity (Wildman–Crippen MR) is 78.5 cm³/mol. The van der Waals surface area contributed by atoms with Crippen LogP contribution in [0.15, 0.2) is 30.6 Å². The summed E-state index contributed by atoms with van der Waals surface area (Å²) in [6.07, 6.45) is 3.39. The highest BCUT2D eigenvalue weighted by Crippen LogP contribution is 2.28. The Bertz CT molecular complexity index is 596. The molecule has 1 aromatic heterocycles. The van der Waals surface area contributed by atoms with E-state index in [1.807, 2.05) is 6.92 Å². The van der Waals surface area contributed by atoms with E-state index >= 15 is 0 Å². The van der Waals surface area contributed by atoms with Crippen LogP contribution in [-0.2, 0) is 6.54 Å². The number of nitrogens with one attached hydrogen (secondary N) is 1. The number of nitrogens with zero attached hydrogens (tertiary/aromatic N) is 2. The first-order valence-corrected chi connectivity index (χ1v) is 6.70. The average Bonchev–Trinajstić information content (AvgIpc) is 3.00. The number of amides is 1. The largest absolute Gasteiger partial charge is 0.493 e. The average molecular weight is 289 g/mol. The number of aromatic amines is 1. The lowest BCUT2D eigenvalue weighted by Gasteiger charge is -2.17. The number of carbonyl (C=O) groups is 1. The van der Waals surface area contributed by atoms with Crippen molar-refractivity contribution in [1.82, 2.24) is 14.9 Å². The molecule has 0 aliphatic carbocycles. The molecule has 21 heavy (non-hydrogen) atoms. The molecule has 0 radical (unpaired) electrons. The molecule has 1 amide bonds. The molecule has 0 bridgehead atoms. The number of hydrogen-bond donors (Lipinski definition) is 1. The number of methoxy groups -OCH3 is 1. The monoisotopic (exact) mass is 289 g/mol. The van der Waals surface area contributed by atoms with Gasteiger partial charge in [0.1, 0.15) is 5.82 Å². The lowest BCUT2D eigenvalue weighted by molar-refractivity contribution is 0.0781. The fourth-order valence-corrected chi connectivity index (χ4v) is 1.98. The summed E-state index contributed by atoms with van der Waals surface area (Å²) < 4.78 is 10.7. The Labute approximate surface area is 123 Å². The number of ether oxygens (including phenoxy) is 2. The zero-order valence-corrected chi connectivity index (χ0v) is 12.4. The molecule has 2 aromatic rings. The van der Waals surface area contributed by atoms with Gasteiger partial charge in [0, 0.05) is 25.0 Å². The maximum Gasteiger partial charge on any atom is 0.254 e. The van der Waals surface area contributed by atoms with E-state index in [2.05, 4.69) is 9.97 Å². The van der Waals surface area contributed by atoms with Gasteiger partial charge in [-0.1, -0.05) is 0 Å². The van der Waals surface area contributed by atoms with E-state index in [9.17, 15) is 4.79 Å². The van der Waals surface area contributed by atoms with Crippen molar-refractivity contribution in [2.75, 3.05) is 20.8 Å². The second-order valence-corrected chi connectivity index (χ2v) is 4.50. The zero-order valence-electron chi connectivity index (χ0n) is 12.4.